The lowest BCUT2D eigenvalue weighted by atomic mass is 10.1. The summed E-state index contributed by atoms with van der Waals surface area (Å²) in [7, 11) is -2.37. The Hall–Kier alpha value is -3.80. The molecule has 2 atom stereocenters. The van der Waals surface area contributed by atoms with Crippen LogP contribution < -0.4 is 10.3 Å². The van der Waals surface area contributed by atoms with E-state index in [2.05, 4.69) is 25.1 Å². The first-order valence-corrected chi connectivity index (χ1v) is 12.6. The number of H-pyrrole nitrogens is 1. The van der Waals surface area contributed by atoms with E-state index < -0.39 is 32.3 Å². The van der Waals surface area contributed by atoms with E-state index in [9.17, 15) is 13.2 Å². The number of aryl methyl sites for hydroxylation is 2. The van der Waals surface area contributed by atoms with Gasteiger partial charge in [-0.2, -0.15) is 0 Å². The van der Waals surface area contributed by atoms with Crippen molar-refractivity contribution in [2.45, 2.75) is 44.6 Å². The summed E-state index contributed by atoms with van der Waals surface area (Å²) in [6, 6.07) is 4.98. The van der Waals surface area contributed by atoms with Gasteiger partial charge in [0.15, 0.2) is 27.1 Å². The van der Waals surface area contributed by atoms with Crippen molar-refractivity contribution in [3.05, 3.63) is 70.1 Å². The number of hydrogen-bond donors (Lipinski definition) is 1. The highest BCUT2D eigenvalue weighted by molar-refractivity contribution is 7.91. The molecule has 0 unspecified atom stereocenters. The second kappa shape index (κ2) is 9.45. The lowest BCUT2D eigenvalue weighted by Gasteiger charge is -2.19. The van der Waals surface area contributed by atoms with Gasteiger partial charge < -0.3 is 14.1 Å². The fourth-order valence-electron chi connectivity index (χ4n) is 3.66. The molecule has 0 aliphatic heterocycles. The predicted octanol–water partition coefficient (Wildman–Crippen LogP) is 2.74. The number of nitrogens with one attached hydrogen (secondary N) is 1. The summed E-state index contributed by atoms with van der Waals surface area (Å²) in [5.74, 6) is 0.894. The van der Waals surface area contributed by atoms with Crippen LogP contribution in [0.4, 0.5) is 0 Å². The van der Waals surface area contributed by atoms with E-state index in [1.165, 1.54) is 17.9 Å². The third-order valence-corrected chi connectivity index (χ3v) is 8.04. The summed E-state index contributed by atoms with van der Waals surface area (Å²) in [6.45, 7) is 7.00. The van der Waals surface area contributed by atoms with E-state index >= 15 is 0 Å². The summed E-state index contributed by atoms with van der Waals surface area (Å²) in [4.78, 5) is 24.0. The fraction of sp³-hybridized carbons (Fsp3) is 0.348. The number of nitrogens with zero attached hydrogens (tertiary/aromatic N) is 5. The van der Waals surface area contributed by atoms with Crippen LogP contribution in [0, 0.1) is 13.8 Å². The molecule has 4 heterocycles. The third kappa shape index (κ3) is 4.74. The molecule has 0 amide bonds. The van der Waals surface area contributed by atoms with Gasteiger partial charge in [-0.1, -0.05) is 6.92 Å². The largest absolute Gasteiger partial charge is 0.494 e. The summed E-state index contributed by atoms with van der Waals surface area (Å²) < 4.78 is 39.4. The molecule has 0 aromatic carbocycles. The molecule has 12 heteroatoms. The van der Waals surface area contributed by atoms with Gasteiger partial charge >= 0.3 is 0 Å². The maximum Gasteiger partial charge on any atom is 0.276 e. The molecule has 0 saturated carbocycles. The van der Waals surface area contributed by atoms with Crippen LogP contribution in [-0.4, -0.2) is 50.5 Å². The number of ether oxygens (including phenoxy) is 1. The number of aromatic amines is 1. The Morgan fingerprint density at radius 1 is 1.11 bits per heavy atom. The molecule has 0 fully saturated rings. The molecule has 4 aromatic rings. The van der Waals surface area contributed by atoms with Crippen molar-refractivity contribution in [3.8, 4) is 23.0 Å². The van der Waals surface area contributed by atoms with Gasteiger partial charge in [-0.15, -0.1) is 10.2 Å². The monoisotopic (exact) mass is 498 g/mol. The highest BCUT2D eigenvalue weighted by atomic mass is 32.2. The van der Waals surface area contributed by atoms with Crippen molar-refractivity contribution in [1.82, 2.24) is 29.7 Å². The van der Waals surface area contributed by atoms with Crippen molar-refractivity contribution in [1.29, 1.82) is 0 Å². The lowest BCUT2D eigenvalue weighted by Crippen LogP contribution is -2.28. The first-order valence-electron chi connectivity index (χ1n) is 10.9. The Balaban J connectivity index is 1.80. The molecule has 35 heavy (non-hydrogen) atoms. The Morgan fingerprint density at radius 2 is 1.83 bits per heavy atom. The number of sulfone groups is 1. The molecule has 4 rings (SSSR count). The van der Waals surface area contributed by atoms with E-state index in [4.69, 9.17) is 9.15 Å². The summed E-state index contributed by atoms with van der Waals surface area (Å²) >= 11 is 0. The normalized spacial score (nSPS) is 13.5. The molecule has 11 nitrogen and oxygen atoms in total. The first kappa shape index (κ1) is 24.3. The lowest BCUT2D eigenvalue weighted by molar-refractivity contribution is 0.411. The van der Waals surface area contributed by atoms with E-state index in [0.29, 0.717) is 17.3 Å². The highest BCUT2D eigenvalue weighted by Crippen LogP contribution is 2.30. The molecule has 0 spiro atoms. The number of rotatable bonds is 8. The number of hydrogen-bond acceptors (Lipinski definition) is 9. The van der Waals surface area contributed by atoms with Crippen molar-refractivity contribution < 1.29 is 17.6 Å². The zero-order valence-electron chi connectivity index (χ0n) is 20.0. The molecular formula is C23H26N6O5S. The molecule has 0 aliphatic carbocycles. The van der Waals surface area contributed by atoms with Gasteiger partial charge in [-0.3, -0.25) is 9.36 Å². The Kier molecular flexibility index (Phi) is 6.57. The topological polar surface area (TPSA) is 146 Å². The van der Waals surface area contributed by atoms with E-state index in [0.717, 1.165) is 5.56 Å². The van der Waals surface area contributed by atoms with Crippen LogP contribution in [0.1, 0.15) is 42.7 Å². The van der Waals surface area contributed by atoms with Crippen LogP contribution in [0.3, 0.4) is 0 Å². The molecule has 4 aromatic heterocycles. The van der Waals surface area contributed by atoms with Crippen LogP contribution in [0.2, 0.25) is 0 Å². The Bertz CT molecular complexity index is 1500. The molecule has 0 radical (unpaired) electrons. The SMILES string of the molecule is COc1cc[nH]c(=O)c1-n1c(CS(=O)(=O)[C@@H](C)[C@H](C)c2ncc(C)cn2)nnc1-c1ccc(C)o1. The Morgan fingerprint density at radius 3 is 2.46 bits per heavy atom. The number of pyridine rings is 1. The maximum atomic E-state index is 13.5. The van der Waals surface area contributed by atoms with Crippen LogP contribution >= 0.6 is 0 Å². The Labute approximate surface area is 202 Å². The van der Waals surface area contributed by atoms with Gasteiger partial charge in [0.2, 0.25) is 5.82 Å². The van der Waals surface area contributed by atoms with Gasteiger partial charge in [0, 0.05) is 24.5 Å². The van der Waals surface area contributed by atoms with Gasteiger partial charge in [-0.25, -0.2) is 18.4 Å². The zero-order chi connectivity index (χ0) is 25.3. The molecule has 184 valence electrons. The van der Waals surface area contributed by atoms with Crippen LogP contribution in [0.25, 0.3) is 17.3 Å². The van der Waals surface area contributed by atoms with Crippen LogP contribution in [0.15, 0.2) is 46.0 Å². The van der Waals surface area contributed by atoms with Gasteiger partial charge in [0.25, 0.3) is 5.56 Å². The molecular weight excluding hydrogens is 472 g/mol. The maximum absolute atomic E-state index is 13.5. The van der Waals surface area contributed by atoms with Crippen LogP contribution in [-0.2, 0) is 15.6 Å². The molecule has 0 saturated heterocycles. The second-order valence-electron chi connectivity index (χ2n) is 8.33. The second-order valence-corrected chi connectivity index (χ2v) is 10.7. The number of furan rings is 1. The standard InChI is InChI=1S/C23H26N6O5S/c1-13-10-25-21(26-11-13)15(3)16(4)35(31,32)12-19-27-28-22(18-7-6-14(2)34-18)29(19)20-17(33-5)8-9-24-23(20)30/h6-11,15-16H,12H2,1-5H3,(H,24,30)/t15-,16-/m0/s1. The smallest absolute Gasteiger partial charge is 0.276 e. The third-order valence-electron chi connectivity index (χ3n) is 5.84. The molecule has 0 bridgehead atoms. The zero-order valence-corrected chi connectivity index (χ0v) is 20.8. The summed E-state index contributed by atoms with van der Waals surface area (Å²) in [5, 5.41) is 7.48. The number of aromatic nitrogens is 6. The van der Waals surface area contributed by atoms with E-state index in [1.807, 2.05) is 6.92 Å². The van der Waals surface area contributed by atoms with E-state index in [-0.39, 0.29) is 23.1 Å². The minimum Gasteiger partial charge on any atom is -0.494 e. The van der Waals surface area contributed by atoms with Gasteiger partial charge in [0.1, 0.15) is 23.1 Å². The van der Waals surface area contributed by atoms with Crippen molar-refractivity contribution in [3.63, 3.8) is 0 Å². The van der Waals surface area contributed by atoms with Gasteiger partial charge in [0.05, 0.1) is 12.4 Å². The van der Waals surface area contributed by atoms with Crippen molar-refractivity contribution in [2.75, 3.05) is 7.11 Å². The average molecular weight is 499 g/mol. The molecule has 1 N–H and O–H groups in total. The predicted molar refractivity (Wildman–Crippen MR) is 128 cm³/mol. The fourth-order valence-corrected chi connectivity index (χ4v) is 5.21. The summed E-state index contributed by atoms with van der Waals surface area (Å²) in [6.07, 6.45) is 4.74. The van der Waals surface area contributed by atoms with Crippen molar-refractivity contribution in [2.24, 2.45) is 0 Å². The highest BCUT2D eigenvalue weighted by Gasteiger charge is 2.33. The van der Waals surface area contributed by atoms with E-state index in [1.54, 1.807) is 51.4 Å². The van der Waals surface area contributed by atoms with Crippen molar-refractivity contribution >= 4 is 9.84 Å². The van der Waals surface area contributed by atoms with Crippen LogP contribution in [0.5, 0.6) is 5.75 Å². The average Bonchev–Trinajstić information content (AvgIpc) is 3.43. The minimum atomic E-state index is -3.78. The summed E-state index contributed by atoms with van der Waals surface area (Å²) in [5.41, 5.74) is 0.436. The minimum absolute atomic E-state index is 0.0490. The quantitative estimate of drug-likeness (QED) is 0.387. The number of methoxy groups -OCH3 is 1. The van der Waals surface area contributed by atoms with Gasteiger partial charge in [-0.05, 0) is 44.5 Å². The molecule has 0 aliphatic rings. The first-order chi connectivity index (χ1) is 16.6.